The second kappa shape index (κ2) is 3.60. The van der Waals surface area contributed by atoms with Gasteiger partial charge in [-0.3, -0.25) is 0 Å². The smallest absolute Gasteiger partial charge is 0.342 e. The summed E-state index contributed by atoms with van der Waals surface area (Å²) in [5.74, 6) is 0. The van der Waals surface area contributed by atoms with Crippen LogP contribution in [0.15, 0.2) is 0 Å². The zero-order valence-corrected chi connectivity index (χ0v) is 8.48. The molecule has 0 amide bonds. The molecule has 8 heteroatoms. The average Bonchev–Trinajstić information content (AvgIpc) is 2.51. The van der Waals surface area contributed by atoms with Gasteiger partial charge in [0.05, 0.1) is 0 Å². The zero-order chi connectivity index (χ0) is 11.1. The summed E-state index contributed by atoms with van der Waals surface area (Å²) in [4.78, 5) is 1.76. The quantitative estimate of drug-likeness (QED) is 0.838. The van der Waals surface area contributed by atoms with Gasteiger partial charge in [-0.25, -0.2) is 0 Å². The largest absolute Gasteiger partial charge is 0.445 e. The lowest BCUT2D eigenvalue weighted by Gasteiger charge is -2.39. The van der Waals surface area contributed by atoms with Gasteiger partial charge in [0.25, 0.3) is 0 Å². The van der Waals surface area contributed by atoms with Crippen LogP contribution < -0.4 is 10.6 Å². The molecule has 0 aromatic carbocycles. The highest BCUT2D eigenvalue weighted by atomic mass is 32.1. The topological polar surface area (TPSA) is 55.0 Å². The van der Waals surface area contributed by atoms with Crippen molar-refractivity contribution in [2.24, 2.45) is 5.73 Å². The van der Waals surface area contributed by atoms with E-state index in [-0.39, 0.29) is 6.04 Å². The summed E-state index contributed by atoms with van der Waals surface area (Å²) in [6.45, 7) is 1.13. The molecule has 1 fully saturated rings. The Morgan fingerprint density at radius 3 is 2.60 bits per heavy atom. The van der Waals surface area contributed by atoms with Crippen molar-refractivity contribution in [2.75, 3.05) is 18.0 Å². The summed E-state index contributed by atoms with van der Waals surface area (Å²) in [7, 11) is 0. The van der Waals surface area contributed by atoms with Gasteiger partial charge in [-0.1, -0.05) is 11.3 Å². The minimum Gasteiger partial charge on any atom is -0.342 e. The minimum atomic E-state index is -4.40. The normalized spacial score (nSPS) is 21.6. The third-order valence-corrected chi connectivity index (χ3v) is 3.32. The van der Waals surface area contributed by atoms with Crippen LogP contribution >= 0.6 is 11.3 Å². The minimum absolute atomic E-state index is 0.110. The molecule has 0 bridgehead atoms. The fourth-order valence-corrected chi connectivity index (χ4v) is 2.19. The van der Waals surface area contributed by atoms with E-state index in [2.05, 4.69) is 10.2 Å². The molecular weight excluding hydrogens is 229 g/mol. The SMILES string of the molecule is NCC1CCN1c1nnc(C(F)(F)F)s1. The average molecular weight is 238 g/mol. The standard InChI is InChI=1S/C7H9F3N4S/c8-7(9,10)5-12-13-6(15-5)14-2-1-4(14)3-11/h4H,1-3,11H2. The lowest BCUT2D eigenvalue weighted by atomic mass is 10.1. The zero-order valence-electron chi connectivity index (χ0n) is 7.66. The maximum Gasteiger partial charge on any atom is 0.445 e. The maximum atomic E-state index is 12.2. The van der Waals surface area contributed by atoms with E-state index < -0.39 is 11.2 Å². The second-order valence-electron chi connectivity index (χ2n) is 3.26. The van der Waals surface area contributed by atoms with Gasteiger partial charge in [0.1, 0.15) is 0 Å². The Morgan fingerprint density at radius 1 is 1.47 bits per heavy atom. The van der Waals surface area contributed by atoms with Gasteiger partial charge in [-0.2, -0.15) is 13.2 Å². The fourth-order valence-electron chi connectivity index (χ4n) is 1.38. The third kappa shape index (κ3) is 1.91. The third-order valence-electron chi connectivity index (χ3n) is 2.32. The molecular formula is C7H9F3N4S. The predicted octanol–water partition coefficient (Wildman–Crippen LogP) is 1.09. The van der Waals surface area contributed by atoms with Gasteiger partial charge in [0.15, 0.2) is 0 Å². The molecule has 15 heavy (non-hydrogen) atoms. The van der Waals surface area contributed by atoms with Gasteiger partial charge >= 0.3 is 6.18 Å². The van der Waals surface area contributed by atoms with Crippen molar-refractivity contribution in [1.82, 2.24) is 10.2 Å². The van der Waals surface area contributed by atoms with E-state index >= 15 is 0 Å². The molecule has 84 valence electrons. The van der Waals surface area contributed by atoms with Gasteiger partial charge in [-0.05, 0) is 6.42 Å². The van der Waals surface area contributed by atoms with E-state index in [4.69, 9.17) is 5.73 Å². The Hall–Kier alpha value is -0.890. The maximum absolute atomic E-state index is 12.2. The first-order valence-corrected chi connectivity index (χ1v) is 5.21. The second-order valence-corrected chi connectivity index (χ2v) is 4.22. The van der Waals surface area contributed by atoms with Crippen molar-refractivity contribution in [1.29, 1.82) is 0 Å². The van der Waals surface area contributed by atoms with Crippen LogP contribution in [0.4, 0.5) is 18.3 Å². The van der Waals surface area contributed by atoms with Crippen LogP contribution in [0.1, 0.15) is 11.4 Å². The number of rotatable bonds is 2. The fraction of sp³-hybridized carbons (Fsp3) is 0.714. The Labute approximate surface area is 87.9 Å². The van der Waals surface area contributed by atoms with Crippen LogP contribution in [0, 0.1) is 0 Å². The summed E-state index contributed by atoms with van der Waals surface area (Å²) < 4.78 is 36.7. The van der Waals surface area contributed by atoms with E-state index in [1.807, 2.05) is 0 Å². The van der Waals surface area contributed by atoms with Crippen LogP contribution in [0.25, 0.3) is 0 Å². The lowest BCUT2D eigenvalue weighted by molar-refractivity contribution is -0.138. The molecule has 2 heterocycles. The molecule has 1 aliphatic heterocycles. The molecule has 2 rings (SSSR count). The number of aromatic nitrogens is 2. The van der Waals surface area contributed by atoms with Crippen molar-refractivity contribution >= 4 is 16.5 Å². The van der Waals surface area contributed by atoms with Crippen molar-refractivity contribution in [3.63, 3.8) is 0 Å². The molecule has 2 N–H and O–H groups in total. The van der Waals surface area contributed by atoms with E-state index in [1.165, 1.54) is 0 Å². The summed E-state index contributed by atoms with van der Waals surface area (Å²) in [6, 6.07) is 0.110. The summed E-state index contributed by atoms with van der Waals surface area (Å²) in [5, 5.41) is 6.05. The number of hydrogen-bond donors (Lipinski definition) is 1. The Morgan fingerprint density at radius 2 is 2.20 bits per heavy atom. The molecule has 0 spiro atoms. The lowest BCUT2D eigenvalue weighted by Crippen LogP contribution is -2.51. The van der Waals surface area contributed by atoms with Crippen LogP contribution in [0.3, 0.4) is 0 Å². The molecule has 4 nitrogen and oxygen atoms in total. The Bertz CT molecular complexity index is 348. The van der Waals surface area contributed by atoms with Crippen LogP contribution in [0.2, 0.25) is 0 Å². The van der Waals surface area contributed by atoms with Gasteiger partial charge < -0.3 is 10.6 Å². The van der Waals surface area contributed by atoms with E-state index in [9.17, 15) is 13.2 Å². The van der Waals surface area contributed by atoms with Gasteiger partial charge in [0, 0.05) is 19.1 Å². The molecule has 1 atom stereocenters. The molecule has 1 aromatic heterocycles. The van der Waals surface area contributed by atoms with E-state index in [1.54, 1.807) is 4.90 Å². The van der Waals surface area contributed by atoms with Crippen molar-refractivity contribution in [3.05, 3.63) is 5.01 Å². The molecule has 1 aliphatic rings. The molecule has 1 saturated heterocycles. The predicted molar refractivity (Wildman–Crippen MR) is 49.7 cm³/mol. The summed E-state index contributed by atoms with van der Waals surface area (Å²) in [6.07, 6.45) is -3.50. The first kappa shape index (κ1) is 10.6. The number of halogens is 3. The Kier molecular flexibility index (Phi) is 2.55. The molecule has 0 saturated carbocycles. The van der Waals surface area contributed by atoms with Crippen LogP contribution in [0.5, 0.6) is 0 Å². The van der Waals surface area contributed by atoms with Crippen molar-refractivity contribution in [3.8, 4) is 0 Å². The number of anilines is 1. The monoisotopic (exact) mass is 238 g/mol. The van der Waals surface area contributed by atoms with E-state index in [0.717, 1.165) is 6.42 Å². The first-order valence-electron chi connectivity index (χ1n) is 4.40. The molecule has 1 aromatic rings. The summed E-state index contributed by atoms with van der Waals surface area (Å²) in [5.41, 5.74) is 5.45. The Balaban J connectivity index is 2.14. The number of nitrogens with zero attached hydrogens (tertiary/aromatic N) is 3. The highest BCUT2D eigenvalue weighted by molar-refractivity contribution is 7.15. The molecule has 1 unspecified atom stereocenters. The van der Waals surface area contributed by atoms with Crippen molar-refractivity contribution in [2.45, 2.75) is 18.6 Å². The highest BCUT2D eigenvalue weighted by Gasteiger charge is 2.38. The number of hydrogen-bond acceptors (Lipinski definition) is 5. The number of nitrogens with two attached hydrogens (primary N) is 1. The first-order chi connectivity index (χ1) is 7.02. The van der Waals surface area contributed by atoms with Crippen molar-refractivity contribution < 1.29 is 13.2 Å². The van der Waals surface area contributed by atoms with E-state index in [0.29, 0.717) is 29.6 Å². The van der Waals surface area contributed by atoms with Gasteiger partial charge in [0.2, 0.25) is 10.1 Å². The van der Waals surface area contributed by atoms with Crippen LogP contribution in [-0.2, 0) is 6.18 Å². The summed E-state index contributed by atoms with van der Waals surface area (Å²) >= 11 is 0.566. The molecule has 0 aliphatic carbocycles. The number of alkyl halides is 3. The van der Waals surface area contributed by atoms with Crippen LogP contribution in [-0.4, -0.2) is 29.3 Å². The van der Waals surface area contributed by atoms with Gasteiger partial charge in [-0.15, -0.1) is 10.2 Å². The molecule has 0 radical (unpaired) electrons. The highest BCUT2D eigenvalue weighted by Crippen LogP contribution is 2.36.